The van der Waals surface area contributed by atoms with Crippen molar-refractivity contribution in [2.75, 3.05) is 5.73 Å². The number of aromatic amines is 2. The summed E-state index contributed by atoms with van der Waals surface area (Å²) in [4.78, 5) is 16.7. The number of nitrogens with two attached hydrogens (primary N) is 2. The van der Waals surface area contributed by atoms with Crippen LogP contribution in [-0.4, -0.2) is 9.97 Å². The third kappa shape index (κ3) is 2.11. The van der Waals surface area contributed by atoms with E-state index in [0.717, 1.165) is 22.2 Å². The van der Waals surface area contributed by atoms with Gasteiger partial charge in [-0.05, 0) is 35.4 Å². The zero-order valence-corrected chi connectivity index (χ0v) is 10.2. The molecule has 6 N–H and O–H groups in total. The molecule has 2 aromatic carbocycles. The molecule has 1 heterocycles. The number of nitrogen functional groups attached to an aromatic ring is 1. The molecule has 5 nitrogen and oxygen atoms in total. The molecule has 0 fully saturated rings. The number of rotatable bonds is 2. The van der Waals surface area contributed by atoms with E-state index >= 15 is 0 Å². The molecule has 0 saturated heterocycles. The van der Waals surface area contributed by atoms with Gasteiger partial charge in [-0.15, -0.1) is 0 Å². The molecule has 19 heavy (non-hydrogen) atoms. The Bertz CT molecular complexity index is 787. The smallest absolute Gasteiger partial charge is 0.323 e. The van der Waals surface area contributed by atoms with Crippen molar-refractivity contribution in [3.8, 4) is 0 Å². The van der Waals surface area contributed by atoms with Crippen LogP contribution < -0.4 is 17.2 Å². The van der Waals surface area contributed by atoms with Gasteiger partial charge in [0.25, 0.3) is 0 Å². The third-order valence-electron chi connectivity index (χ3n) is 3.17. The minimum atomic E-state index is -0.272. The predicted molar refractivity (Wildman–Crippen MR) is 75.8 cm³/mol. The molecule has 0 aliphatic rings. The van der Waals surface area contributed by atoms with Crippen molar-refractivity contribution in [2.24, 2.45) is 5.73 Å². The number of hydrogen-bond donors (Lipinski definition) is 4. The molecule has 1 unspecified atom stereocenters. The summed E-state index contributed by atoms with van der Waals surface area (Å²) in [6.45, 7) is 0. The average Bonchev–Trinajstić information content (AvgIpc) is 2.76. The molecule has 96 valence electrons. The van der Waals surface area contributed by atoms with Crippen molar-refractivity contribution in [3.05, 3.63) is 64.1 Å². The molecule has 5 heteroatoms. The van der Waals surface area contributed by atoms with Crippen LogP contribution in [0.1, 0.15) is 17.2 Å². The Labute approximate surface area is 109 Å². The maximum atomic E-state index is 11.2. The van der Waals surface area contributed by atoms with E-state index in [-0.39, 0.29) is 11.7 Å². The van der Waals surface area contributed by atoms with E-state index in [1.165, 1.54) is 0 Å². The third-order valence-corrected chi connectivity index (χ3v) is 3.17. The van der Waals surface area contributed by atoms with Crippen molar-refractivity contribution in [1.82, 2.24) is 9.97 Å². The first-order valence-electron chi connectivity index (χ1n) is 5.96. The minimum absolute atomic E-state index is 0.218. The molecule has 1 atom stereocenters. The molecule has 3 aromatic rings. The zero-order chi connectivity index (χ0) is 13.4. The van der Waals surface area contributed by atoms with Crippen LogP contribution in [0.5, 0.6) is 0 Å². The van der Waals surface area contributed by atoms with Gasteiger partial charge in [0.1, 0.15) is 0 Å². The number of anilines is 1. The Hall–Kier alpha value is -2.53. The summed E-state index contributed by atoms with van der Waals surface area (Å²) < 4.78 is 0. The van der Waals surface area contributed by atoms with Crippen molar-refractivity contribution < 1.29 is 0 Å². The van der Waals surface area contributed by atoms with Crippen molar-refractivity contribution in [3.63, 3.8) is 0 Å². The Morgan fingerprint density at radius 2 is 1.68 bits per heavy atom. The number of imidazole rings is 1. The van der Waals surface area contributed by atoms with Gasteiger partial charge >= 0.3 is 5.69 Å². The van der Waals surface area contributed by atoms with Crippen molar-refractivity contribution >= 4 is 16.7 Å². The molecular formula is C14H14N4O. The van der Waals surface area contributed by atoms with Crippen LogP contribution in [0.2, 0.25) is 0 Å². The number of benzene rings is 2. The molecule has 0 amide bonds. The lowest BCUT2D eigenvalue weighted by molar-refractivity contribution is 0.873. The maximum Gasteiger partial charge on any atom is 0.323 e. The molecule has 3 rings (SSSR count). The normalized spacial score (nSPS) is 12.7. The SMILES string of the molecule is Nc1cccc(C(N)c2ccc3[nH]c(=O)[nH]c3c2)c1. The summed E-state index contributed by atoms with van der Waals surface area (Å²) in [5.41, 5.74) is 15.8. The molecule has 0 radical (unpaired) electrons. The Balaban J connectivity index is 2.05. The lowest BCUT2D eigenvalue weighted by Gasteiger charge is -2.13. The van der Waals surface area contributed by atoms with E-state index in [2.05, 4.69) is 9.97 Å². The fraction of sp³-hybridized carbons (Fsp3) is 0.0714. The van der Waals surface area contributed by atoms with Crippen molar-refractivity contribution in [1.29, 1.82) is 0 Å². The Morgan fingerprint density at radius 1 is 0.947 bits per heavy atom. The summed E-state index contributed by atoms with van der Waals surface area (Å²) in [6.07, 6.45) is 0. The standard InChI is InChI=1S/C14H14N4O/c15-10-3-1-2-8(6-10)13(16)9-4-5-11-12(7-9)18-14(19)17-11/h1-7,13H,15-16H2,(H2,17,18,19). The van der Waals surface area contributed by atoms with Crippen LogP contribution in [-0.2, 0) is 0 Å². The van der Waals surface area contributed by atoms with Gasteiger partial charge in [-0.2, -0.15) is 0 Å². The highest BCUT2D eigenvalue weighted by Gasteiger charge is 2.10. The molecule has 0 bridgehead atoms. The molecular weight excluding hydrogens is 240 g/mol. The number of nitrogens with one attached hydrogen (secondary N) is 2. The quantitative estimate of drug-likeness (QED) is 0.521. The first-order chi connectivity index (χ1) is 9.13. The van der Waals surface area contributed by atoms with Gasteiger partial charge in [-0.3, -0.25) is 0 Å². The highest BCUT2D eigenvalue weighted by Crippen LogP contribution is 2.23. The lowest BCUT2D eigenvalue weighted by atomic mass is 9.99. The van der Waals surface area contributed by atoms with Gasteiger partial charge in [-0.25, -0.2) is 4.79 Å². The van der Waals surface area contributed by atoms with Crippen LogP contribution in [0.3, 0.4) is 0 Å². The fourth-order valence-electron chi connectivity index (χ4n) is 2.19. The Kier molecular flexibility index (Phi) is 2.61. The highest BCUT2D eigenvalue weighted by molar-refractivity contribution is 5.75. The predicted octanol–water partition coefficient (Wildman–Crippen LogP) is 1.49. The topological polar surface area (TPSA) is 101 Å². The lowest BCUT2D eigenvalue weighted by Crippen LogP contribution is -2.12. The van der Waals surface area contributed by atoms with Gasteiger partial charge in [0, 0.05) is 5.69 Å². The molecule has 0 spiro atoms. The van der Waals surface area contributed by atoms with E-state index in [0.29, 0.717) is 5.69 Å². The fourth-order valence-corrected chi connectivity index (χ4v) is 2.19. The second-order valence-corrected chi connectivity index (χ2v) is 4.53. The van der Waals surface area contributed by atoms with E-state index in [1.807, 2.05) is 42.5 Å². The van der Waals surface area contributed by atoms with E-state index in [9.17, 15) is 4.79 Å². The summed E-state index contributed by atoms with van der Waals surface area (Å²) in [7, 11) is 0. The highest BCUT2D eigenvalue weighted by atomic mass is 16.1. The van der Waals surface area contributed by atoms with Crippen LogP contribution in [0.4, 0.5) is 5.69 Å². The zero-order valence-electron chi connectivity index (χ0n) is 10.2. The van der Waals surface area contributed by atoms with Crippen LogP contribution >= 0.6 is 0 Å². The van der Waals surface area contributed by atoms with Crippen LogP contribution in [0.15, 0.2) is 47.3 Å². The average molecular weight is 254 g/mol. The van der Waals surface area contributed by atoms with Crippen LogP contribution in [0.25, 0.3) is 11.0 Å². The molecule has 0 aliphatic carbocycles. The first kappa shape index (κ1) is 11.6. The number of hydrogen-bond acceptors (Lipinski definition) is 3. The van der Waals surface area contributed by atoms with E-state index < -0.39 is 0 Å². The molecule has 0 aliphatic heterocycles. The van der Waals surface area contributed by atoms with Crippen molar-refractivity contribution in [2.45, 2.75) is 6.04 Å². The largest absolute Gasteiger partial charge is 0.399 e. The maximum absolute atomic E-state index is 11.2. The second kappa shape index (κ2) is 4.29. The molecule has 1 aromatic heterocycles. The van der Waals surface area contributed by atoms with Gasteiger partial charge in [0.2, 0.25) is 0 Å². The first-order valence-corrected chi connectivity index (χ1v) is 5.96. The second-order valence-electron chi connectivity index (χ2n) is 4.53. The van der Waals surface area contributed by atoms with Gasteiger partial charge < -0.3 is 21.4 Å². The van der Waals surface area contributed by atoms with Gasteiger partial charge in [-0.1, -0.05) is 18.2 Å². The minimum Gasteiger partial charge on any atom is -0.399 e. The molecule has 0 saturated carbocycles. The number of fused-ring (bicyclic) bond motifs is 1. The monoisotopic (exact) mass is 254 g/mol. The summed E-state index contributed by atoms with van der Waals surface area (Å²) >= 11 is 0. The summed E-state index contributed by atoms with van der Waals surface area (Å²) in [6, 6.07) is 12.8. The number of H-pyrrole nitrogens is 2. The Morgan fingerprint density at radius 3 is 2.47 bits per heavy atom. The van der Waals surface area contributed by atoms with E-state index in [1.54, 1.807) is 0 Å². The van der Waals surface area contributed by atoms with Crippen LogP contribution in [0, 0.1) is 0 Å². The van der Waals surface area contributed by atoms with Gasteiger partial charge in [0.05, 0.1) is 17.1 Å². The summed E-state index contributed by atoms with van der Waals surface area (Å²) in [5.74, 6) is 0. The number of aromatic nitrogens is 2. The van der Waals surface area contributed by atoms with Gasteiger partial charge in [0.15, 0.2) is 0 Å². The summed E-state index contributed by atoms with van der Waals surface area (Å²) in [5, 5.41) is 0. The van der Waals surface area contributed by atoms with E-state index in [4.69, 9.17) is 11.5 Å².